The zero-order valence-corrected chi connectivity index (χ0v) is 15.7. The summed E-state index contributed by atoms with van der Waals surface area (Å²) in [7, 11) is 3.32. The van der Waals surface area contributed by atoms with Crippen molar-refractivity contribution in [1.82, 2.24) is 15.0 Å². The van der Waals surface area contributed by atoms with Crippen molar-refractivity contribution in [2.24, 2.45) is 0 Å². The summed E-state index contributed by atoms with van der Waals surface area (Å²) in [6, 6.07) is 10.4. The lowest BCUT2D eigenvalue weighted by atomic mass is 10.0. The van der Waals surface area contributed by atoms with E-state index in [4.69, 9.17) is 14.0 Å². The Labute approximate surface area is 156 Å². The first-order valence-corrected chi connectivity index (χ1v) is 9.49. The van der Waals surface area contributed by atoms with Gasteiger partial charge in [0.05, 0.1) is 25.6 Å². The maximum Gasteiger partial charge on any atom is 0.268 e. The van der Waals surface area contributed by atoms with E-state index in [-0.39, 0.29) is 0 Å². The molecular formula is C19H21N3O3S. The maximum absolute atomic E-state index is 5.45. The molecule has 1 fully saturated rings. The molecule has 3 aromatic rings. The Morgan fingerprint density at radius 3 is 2.88 bits per heavy atom. The molecule has 1 atom stereocenters. The molecular weight excluding hydrogens is 350 g/mol. The normalized spacial score (nSPS) is 17.5. The van der Waals surface area contributed by atoms with Crippen molar-refractivity contribution in [1.29, 1.82) is 0 Å². The van der Waals surface area contributed by atoms with Crippen molar-refractivity contribution in [2.45, 2.75) is 25.4 Å². The standard InChI is InChI=1S/C19H21N3O3S/c1-23-15-8-7-13(11-16(15)24-2)14-5-3-9-22(14)12-18-20-19(25-21-18)17-6-4-10-26-17/h4,6-8,10-11,14H,3,5,9,12H2,1-2H3/t14-/m0/s1. The fraction of sp³-hybridized carbons (Fsp3) is 0.368. The third-order valence-corrected chi connectivity index (χ3v) is 5.56. The Kier molecular flexibility index (Phi) is 4.90. The maximum atomic E-state index is 5.45. The van der Waals surface area contributed by atoms with Crippen LogP contribution in [0, 0.1) is 0 Å². The van der Waals surface area contributed by atoms with Crippen molar-refractivity contribution in [3.8, 4) is 22.3 Å². The molecule has 1 aliphatic rings. The quantitative estimate of drug-likeness (QED) is 0.649. The van der Waals surface area contributed by atoms with Gasteiger partial charge in [-0.1, -0.05) is 17.3 Å². The highest BCUT2D eigenvalue weighted by molar-refractivity contribution is 7.13. The van der Waals surface area contributed by atoms with Crippen LogP contribution in [-0.2, 0) is 6.54 Å². The molecule has 0 radical (unpaired) electrons. The Morgan fingerprint density at radius 1 is 1.23 bits per heavy atom. The van der Waals surface area contributed by atoms with Crippen LogP contribution >= 0.6 is 11.3 Å². The van der Waals surface area contributed by atoms with Gasteiger partial charge in [0.1, 0.15) is 0 Å². The van der Waals surface area contributed by atoms with Gasteiger partial charge in [0.25, 0.3) is 5.89 Å². The molecule has 136 valence electrons. The molecule has 1 saturated heterocycles. The first-order valence-electron chi connectivity index (χ1n) is 8.61. The van der Waals surface area contributed by atoms with Crippen LogP contribution in [0.3, 0.4) is 0 Å². The SMILES string of the molecule is COc1ccc([C@@H]2CCCN2Cc2noc(-c3cccs3)n2)cc1OC. The van der Waals surface area contributed by atoms with Gasteiger partial charge < -0.3 is 14.0 Å². The monoisotopic (exact) mass is 371 g/mol. The van der Waals surface area contributed by atoms with E-state index in [9.17, 15) is 0 Å². The van der Waals surface area contributed by atoms with Gasteiger partial charge in [0, 0.05) is 6.04 Å². The molecule has 0 aliphatic carbocycles. The molecule has 7 heteroatoms. The number of likely N-dealkylation sites (tertiary alicyclic amines) is 1. The Morgan fingerprint density at radius 2 is 2.12 bits per heavy atom. The van der Waals surface area contributed by atoms with Crippen LogP contribution < -0.4 is 9.47 Å². The summed E-state index contributed by atoms with van der Waals surface area (Å²) in [6.07, 6.45) is 2.25. The smallest absolute Gasteiger partial charge is 0.268 e. The van der Waals surface area contributed by atoms with E-state index >= 15 is 0 Å². The van der Waals surface area contributed by atoms with Crippen LogP contribution in [0.4, 0.5) is 0 Å². The summed E-state index contributed by atoms with van der Waals surface area (Å²) in [5.41, 5.74) is 1.22. The molecule has 26 heavy (non-hydrogen) atoms. The second kappa shape index (κ2) is 7.47. The average molecular weight is 371 g/mol. The van der Waals surface area contributed by atoms with Crippen LogP contribution in [0.25, 0.3) is 10.8 Å². The third kappa shape index (κ3) is 3.32. The van der Waals surface area contributed by atoms with Gasteiger partial charge in [-0.15, -0.1) is 11.3 Å². The van der Waals surface area contributed by atoms with Gasteiger partial charge in [0.15, 0.2) is 17.3 Å². The Hall–Kier alpha value is -2.38. The fourth-order valence-electron chi connectivity index (χ4n) is 3.45. The van der Waals surface area contributed by atoms with E-state index in [2.05, 4.69) is 27.2 Å². The van der Waals surface area contributed by atoms with Crippen LogP contribution in [0.15, 0.2) is 40.2 Å². The molecule has 6 nitrogen and oxygen atoms in total. The summed E-state index contributed by atoms with van der Waals surface area (Å²) in [4.78, 5) is 7.95. The van der Waals surface area contributed by atoms with Crippen LogP contribution in [0.5, 0.6) is 11.5 Å². The molecule has 0 amide bonds. The van der Waals surface area contributed by atoms with E-state index in [0.29, 0.717) is 18.5 Å². The molecule has 1 aromatic carbocycles. The summed E-state index contributed by atoms with van der Waals surface area (Å²) in [5, 5.41) is 6.17. The molecule has 4 rings (SSSR count). The Bertz CT molecular complexity index is 863. The zero-order valence-electron chi connectivity index (χ0n) is 14.8. The van der Waals surface area contributed by atoms with E-state index in [0.717, 1.165) is 41.6 Å². The van der Waals surface area contributed by atoms with E-state index < -0.39 is 0 Å². The number of rotatable bonds is 6. The highest BCUT2D eigenvalue weighted by Gasteiger charge is 2.28. The molecule has 1 aliphatic heterocycles. The molecule has 0 unspecified atom stereocenters. The third-order valence-electron chi connectivity index (χ3n) is 4.70. The van der Waals surface area contributed by atoms with Crippen molar-refractivity contribution >= 4 is 11.3 Å². The lowest BCUT2D eigenvalue weighted by Crippen LogP contribution is -2.23. The number of hydrogen-bond acceptors (Lipinski definition) is 7. The minimum Gasteiger partial charge on any atom is -0.493 e. The van der Waals surface area contributed by atoms with Crippen molar-refractivity contribution < 1.29 is 14.0 Å². The topological polar surface area (TPSA) is 60.6 Å². The molecule has 0 saturated carbocycles. The predicted octanol–water partition coefficient (Wildman–Crippen LogP) is 4.15. The average Bonchev–Trinajstić information content (AvgIpc) is 3.42. The molecule has 0 bridgehead atoms. The minimum absolute atomic E-state index is 0.318. The second-order valence-electron chi connectivity index (χ2n) is 6.24. The molecule has 0 spiro atoms. The summed E-state index contributed by atoms with van der Waals surface area (Å²) in [6.45, 7) is 1.69. The van der Waals surface area contributed by atoms with Crippen LogP contribution in [-0.4, -0.2) is 35.8 Å². The Balaban J connectivity index is 1.52. The van der Waals surface area contributed by atoms with Gasteiger partial charge in [-0.3, -0.25) is 4.90 Å². The number of thiophene rings is 1. The molecule has 3 heterocycles. The number of methoxy groups -OCH3 is 2. The van der Waals surface area contributed by atoms with Crippen molar-refractivity contribution in [3.63, 3.8) is 0 Å². The number of benzene rings is 1. The van der Waals surface area contributed by atoms with Gasteiger partial charge in [-0.05, 0) is 48.5 Å². The van der Waals surface area contributed by atoms with Gasteiger partial charge in [0.2, 0.25) is 0 Å². The zero-order chi connectivity index (χ0) is 17.9. The number of aromatic nitrogens is 2. The number of hydrogen-bond donors (Lipinski definition) is 0. The largest absolute Gasteiger partial charge is 0.493 e. The van der Waals surface area contributed by atoms with E-state index in [1.807, 2.05) is 23.6 Å². The van der Waals surface area contributed by atoms with Crippen LogP contribution in [0.2, 0.25) is 0 Å². The van der Waals surface area contributed by atoms with Crippen molar-refractivity contribution in [3.05, 3.63) is 47.1 Å². The lowest BCUT2D eigenvalue weighted by Gasteiger charge is -2.24. The molecule has 0 N–H and O–H groups in total. The van der Waals surface area contributed by atoms with Gasteiger partial charge >= 0.3 is 0 Å². The molecule has 2 aromatic heterocycles. The second-order valence-corrected chi connectivity index (χ2v) is 7.18. The van der Waals surface area contributed by atoms with Crippen LogP contribution in [0.1, 0.15) is 30.3 Å². The highest BCUT2D eigenvalue weighted by Crippen LogP contribution is 2.37. The van der Waals surface area contributed by atoms with Crippen molar-refractivity contribution in [2.75, 3.05) is 20.8 Å². The summed E-state index contributed by atoms with van der Waals surface area (Å²) < 4.78 is 16.2. The highest BCUT2D eigenvalue weighted by atomic mass is 32.1. The van der Waals surface area contributed by atoms with E-state index in [1.54, 1.807) is 25.6 Å². The first kappa shape index (κ1) is 17.1. The summed E-state index contributed by atoms with van der Waals surface area (Å²) >= 11 is 1.60. The van der Waals surface area contributed by atoms with E-state index in [1.165, 1.54) is 5.56 Å². The summed E-state index contributed by atoms with van der Waals surface area (Å²) in [5.74, 6) is 2.83. The fourth-order valence-corrected chi connectivity index (χ4v) is 4.10. The number of nitrogens with zero attached hydrogens (tertiary/aromatic N) is 3. The predicted molar refractivity (Wildman–Crippen MR) is 99.5 cm³/mol. The van der Waals surface area contributed by atoms with Gasteiger partial charge in [-0.2, -0.15) is 4.98 Å². The minimum atomic E-state index is 0.318. The number of ether oxygens (including phenoxy) is 2. The first-order chi connectivity index (χ1) is 12.8. The van der Waals surface area contributed by atoms with Gasteiger partial charge in [-0.25, -0.2) is 0 Å². The lowest BCUT2D eigenvalue weighted by molar-refractivity contribution is 0.237.